The second kappa shape index (κ2) is 8.77. The van der Waals surface area contributed by atoms with E-state index in [4.69, 9.17) is 4.43 Å². The number of fused-ring (bicyclic) bond motifs is 1. The normalized spacial score (nSPS) is 16.1. The molecule has 0 saturated carbocycles. The fourth-order valence-electron chi connectivity index (χ4n) is 2.86. The van der Waals surface area contributed by atoms with Crippen molar-refractivity contribution in [2.45, 2.75) is 65.0 Å². The van der Waals surface area contributed by atoms with Crippen molar-refractivity contribution in [2.75, 3.05) is 0 Å². The molecule has 1 aromatic heterocycles. The molecule has 3 atom stereocenters. The van der Waals surface area contributed by atoms with Crippen molar-refractivity contribution in [2.24, 2.45) is 5.92 Å². The summed E-state index contributed by atoms with van der Waals surface area (Å²) in [5, 5.41) is 20.5. The molecule has 29 heavy (non-hydrogen) atoms. The number of carboxylic acid groups (broad SMARTS) is 1. The fourth-order valence-corrected chi connectivity index (χ4v) is 4.29. The van der Waals surface area contributed by atoms with Crippen LogP contribution in [-0.4, -0.2) is 35.6 Å². The van der Waals surface area contributed by atoms with Gasteiger partial charge in [0.15, 0.2) is 8.32 Å². The molecule has 6 heteroatoms. The topological polar surface area (TPSA) is 79.7 Å². The Balaban J connectivity index is 2.27. The smallest absolute Gasteiger partial charge is 0.312 e. The number of pyridine rings is 1. The predicted octanol–water partition coefficient (Wildman–Crippen LogP) is 5.41. The zero-order valence-corrected chi connectivity index (χ0v) is 19.4. The summed E-state index contributed by atoms with van der Waals surface area (Å²) < 4.78 is 6.29. The van der Waals surface area contributed by atoms with E-state index >= 15 is 0 Å². The van der Waals surface area contributed by atoms with Crippen LogP contribution in [0, 0.1) is 5.92 Å². The average Bonchev–Trinajstić information content (AvgIpc) is 2.59. The van der Waals surface area contributed by atoms with Gasteiger partial charge in [0.25, 0.3) is 0 Å². The van der Waals surface area contributed by atoms with Crippen LogP contribution in [0.5, 0.6) is 0 Å². The highest BCUT2D eigenvalue weighted by atomic mass is 28.4. The molecule has 0 saturated heterocycles. The highest BCUT2D eigenvalue weighted by molar-refractivity contribution is 6.74. The third kappa shape index (κ3) is 5.75. The number of carbonyl (C=O) groups is 1. The van der Waals surface area contributed by atoms with Gasteiger partial charge in [-0.15, -0.1) is 0 Å². The molecule has 5 nitrogen and oxygen atoms in total. The Morgan fingerprint density at radius 2 is 1.79 bits per heavy atom. The lowest BCUT2D eigenvalue weighted by Gasteiger charge is -2.39. The monoisotopic (exact) mass is 415 g/mol. The Morgan fingerprint density at radius 3 is 2.34 bits per heavy atom. The van der Waals surface area contributed by atoms with E-state index in [1.165, 1.54) is 0 Å². The van der Waals surface area contributed by atoms with E-state index in [2.05, 4.69) is 38.8 Å². The lowest BCUT2D eigenvalue weighted by atomic mass is 10.0. The molecule has 2 N–H and O–H groups in total. The molecule has 0 radical (unpaired) electrons. The summed E-state index contributed by atoms with van der Waals surface area (Å²) >= 11 is 0. The first kappa shape index (κ1) is 23.3. The summed E-state index contributed by atoms with van der Waals surface area (Å²) in [7, 11) is -2.07. The number of nitrogens with zero attached hydrogens (tertiary/aromatic N) is 1. The number of hydrogen-bond donors (Lipinski definition) is 2. The number of rotatable bonds is 7. The number of hydrogen-bond acceptors (Lipinski definition) is 4. The van der Waals surface area contributed by atoms with Crippen molar-refractivity contribution in [3.63, 3.8) is 0 Å². The van der Waals surface area contributed by atoms with E-state index < -0.39 is 32.4 Å². The molecule has 0 spiro atoms. The number of aliphatic hydroxyl groups is 1. The van der Waals surface area contributed by atoms with Gasteiger partial charge in [-0.1, -0.05) is 51.1 Å². The molecule has 0 aliphatic heterocycles. The fraction of sp³-hybridized carbons (Fsp3) is 0.478. The van der Waals surface area contributed by atoms with E-state index in [9.17, 15) is 15.0 Å². The Morgan fingerprint density at radius 1 is 1.17 bits per heavy atom. The van der Waals surface area contributed by atoms with Crippen LogP contribution >= 0.6 is 0 Å². The van der Waals surface area contributed by atoms with Crippen LogP contribution in [0.3, 0.4) is 0 Å². The molecule has 0 unspecified atom stereocenters. The van der Waals surface area contributed by atoms with E-state index in [1.54, 1.807) is 19.1 Å². The summed E-state index contributed by atoms with van der Waals surface area (Å²) in [6.07, 6.45) is 2.44. The minimum Gasteiger partial charge on any atom is -0.481 e. The highest BCUT2D eigenvalue weighted by Gasteiger charge is 2.40. The Hall–Kier alpha value is -2.02. The van der Waals surface area contributed by atoms with E-state index in [0.29, 0.717) is 5.69 Å². The van der Waals surface area contributed by atoms with Gasteiger partial charge >= 0.3 is 5.97 Å². The molecule has 1 heterocycles. The van der Waals surface area contributed by atoms with E-state index in [0.717, 1.165) is 16.5 Å². The van der Waals surface area contributed by atoms with Gasteiger partial charge in [0.05, 0.1) is 29.3 Å². The predicted molar refractivity (Wildman–Crippen MR) is 120 cm³/mol. The first-order chi connectivity index (χ1) is 13.3. The molecule has 0 fully saturated rings. The summed E-state index contributed by atoms with van der Waals surface area (Å²) in [4.78, 5) is 16.4. The second-order valence-corrected chi connectivity index (χ2v) is 13.9. The van der Waals surface area contributed by atoms with Crippen LogP contribution in [0.1, 0.15) is 52.0 Å². The third-order valence-electron chi connectivity index (χ3n) is 5.74. The average molecular weight is 416 g/mol. The quantitative estimate of drug-likeness (QED) is 0.591. The third-order valence-corrected chi connectivity index (χ3v) is 10.3. The van der Waals surface area contributed by atoms with Crippen molar-refractivity contribution in [1.82, 2.24) is 4.98 Å². The minimum absolute atomic E-state index is 0.0135. The van der Waals surface area contributed by atoms with Gasteiger partial charge in [-0.2, -0.15) is 0 Å². The van der Waals surface area contributed by atoms with Crippen molar-refractivity contribution in [3.05, 3.63) is 47.7 Å². The lowest BCUT2D eigenvalue weighted by molar-refractivity contribution is -0.142. The molecule has 0 aliphatic carbocycles. The zero-order chi connectivity index (χ0) is 22.0. The van der Waals surface area contributed by atoms with Gasteiger partial charge in [0.2, 0.25) is 0 Å². The maximum absolute atomic E-state index is 11.9. The minimum atomic E-state index is -2.07. The summed E-state index contributed by atoms with van der Waals surface area (Å²) in [6.45, 7) is 14.2. The van der Waals surface area contributed by atoms with Gasteiger partial charge in [-0.25, -0.2) is 0 Å². The molecule has 1 aromatic carbocycles. The number of benzene rings is 1. The molecule has 2 rings (SSSR count). The maximum atomic E-state index is 11.9. The number of aromatic nitrogens is 1. The van der Waals surface area contributed by atoms with Gasteiger partial charge in [-0.05, 0) is 49.7 Å². The molecule has 158 valence electrons. The molecular weight excluding hydrogens is 382 g/mol. The number of aliphatic hydroxyl groups excluding tert-OH is 1. The standard InChI is InChI=1S/C23H33NO4Si/c1-15(25)20-13-11-18-10-8-17(14-21(18)24-20)9-12-19(22(26)27)16(2)28-29(6,7)23(3,4)5/h8-16,19,25H,1-7H3,(H,26,27)/b12-9+/t15-,16+,19-/m1/s1. The van der Waals surface area contributed by atoms with Crippen molar-refractivity contribution in [3.8, 4) is 0 Å². The van der Waals surface area contributed by atoms with Crippen LogP contribution in [0.15, 0.2) is 36.4 Å². The van der Waals surface area contributed by atoms with Crippen LogP contribution in [0.2, 0.25) is 18.1 Å². The van der Waals surface area contributed by atoms with Gasteiger partial charge in [0, 0.05) is 5.39 Å². The van der Waals surface area contributed by atoms with Gasteiger partial charge in [-0.3, -0.25) is 9.78 Å². The van der Waals surface area contributed by atoms with Gasteiger partial charge in [0.1, 0.15) is 0 Å². The highest BCUT2D eigenvalue weighted by Crippen LogP contribution is 2.38. The first-order valence-corrected chi connectivity index (χ1v) is 12.9. The Labute approximate surface area is 174 Å². The van der Waals surface area contributed by atoms with E-state index in [-0.39, 0.29) is 5.04 Å². The van der Waals surface area contributed by atoms with Crippen LogP contribution in [0.25, 0.3) is 17.0 Å². The van der Waals surface area contributed by atoms with Crippen LogP contribution in [0.4, 0.5) is 0 Å². The number of aliphatic carboxylic acids is 1. The van der Waals surface area contributed by atoms with Crippen molar-refractivity contribution >= 4 is 31.3 Å². The van der Waals surface area contributed by atoms with Gasteiger partial charge < -0.3 is 14.6 Å². The maximum Gasteiger partial charge on any atom is 0.312 e. The lowest BCUT2D eigenvalue weighted by Crippen LogP contribution is -2.45. The van der Waals surface area contributed by atoms with Crippen LogP contribution < -0.4 is 0 Å². The van der Waals surface area contributed by atoms with Crippen molar-refractivity contribution < 1.29 is 19.4 Å². The molecule has 0 aliphatic rings. The largest absolute Gasteiger partial charge is 0.481 e. The van der Waals surface area contributed by atoms with Crippen LogP contribution in [-0.2, 0) is 9.22 Å². The Kier molecular flexibility index (Phi) is 7.04. The SMILES string of the molecule is C[C@H](O[Si](C)(C)C(C)(C)C)[C@@H](/C=C/c1ccc2ccc([C@@H](C)O)nc2c1)C(=O)O. The number of carboxylic acids is 1. The summed E-state index contributed by atoms with van der Waals surface area (Å²) in [5.74, 6) is -1.64. The molecule has 2 aromatic rings. The summed E-state index contributed by atoms with van der Waals surface area (Å²) in [5.41, 5.74) is 2.24. The second-order valence-electron chi connectivity index (χ2n) is 9.17. The first-order valence-electron chi connectivity index (χ1n) is 9.99. The van der Waals surface area contributed by atoms with Crippen molar-refractivity contribution in [1.29, 1.82) is 0 Å². The molecular formula is C23H33NO4Si. The zero-order valence-electron chi connectivity index (χ0n) is 18.4. The molecule has 0 amide bonds. The van der Waals surface area contributed by atoms with E-state index in [1.807, 2.05) is 37.3 Å². The summed E-state index contributed by atoms with van der Waals surface area (Å²) in [6, 6.07) is 9.51. The Bertz CT molecular complexity index is 899. The molecule has 0 bridgehead atoms.